The third-order valence-electron chi connectivity index (χ3n) is 12.1. The van der Waals surface area contributed by atoms with Crippen molar-refractivity contribution in [2.45, 2.75) is 19.3 Å². The van der Waals surface area contributed by atoms with Gasteiger partial charge in [-0.2, -0.15) is 0 Å². The van der Waals surface area contributed by atoms with Gasteiger partial charge in [0.25, 0.3) is 0 Å². The van der Waals surface area contributed by atoms with Crippen LogP contribution in [0.3, 0.4) is 0 Å². The number of hydrogen-bond acceptors (Lipinski definition) is 4. The molecule has 0 saturated carbocycles. The summed E-state index contributed by atoms with van der Waals surface area (Å²) in [5.41, 5.74) is 17.9. The molecule has 0 spiro atoms. The number of pyridine rings is 1. The van der Waals surface area contributed by atoms with Crippen molar-refractivity contribution in [1.29, 1.82) is 0 Å². The molecule has 2 heterocycles. The molecule has 0 N–H and O–H groups in total. The lowest BCUT2D eigenvalue weighted by molar-refractivity contribution is 0.661. The van der Waals surface area contributed by atoms with E-state index in [-0.39, 0.29) is 5.41 Å². The van der Waals surface area contributed by atoms with Crippen molar-refractivity contribution < 1.29 is 0 Å². The Bertz CT molecular complexity index is 3170. The minimum Gasteiger partial charge on any atom is -0.248 e. The molecule has 0 aliphatic heterocycles. The SMILES string of the molecule is CC1(C)c2ccccc2-c2cc3c(-c4cccc(-c5ccc(-c6nc(-c7ccccc7)nc(-c7ccccc7)n6)cc5)c4)cc(-c4ccc(-c5ccccc5)cc4)nc3cc21. The van der Waals surface area contributed by atoms with Gasteiger partial charge in [-0.1, -0.05) is 196 Å². The van der Waals surface area contributed by atoms with Gasteiger partial charge in [0, 0.05) is 33.1 Å². The first-order chi connectivity index (χ1) is 30.0. The molecular formula is C57H40N4. The molecule has 0 radical (unpaired) electrons. The van der Waals surface area contributed by atoms with Crippen LogP contribution in [-0.2, 0) is 5.41 Å². The van der Waals surface area contributed by atoms with Crippen LogP contribution in [0.5, 0.6) is 0 Å². The molecule has 8 aromatic carbocycles. The molecule has 10 aromatic rings. The van der Waals surface area contributed by atoms with E-state index in [1.807, 2.05) is 60.7 Å². The number of aromatic nitrogens is 4. The van der Waals surface area contributed by atoms with E-state index in [2.05, 4.69) is 159 Å². The van der Waals surface area contributed by atoms with E-state index in [9.17, 15) is 0 Å². The maximum atomic E-state index is 5.39. The molecule has 4 heteroatoms. The van der Waals surface area contributed by atoms with Crippen LogP contribution in [0, 0.1) is 0 Å². The molecule has 61 heavy (non-hydrogen) atoms. The fourth-order valence-electron chi connectivity index (χ4n) is 8.89. The molecule has 1 aliphatic carbocycles. The maximum absolute atomic E-state index is 5.39. The lowest BCUT2D eigenvalue weighted by atomic mass is 9.82. The fourth-order valence-corrected chi connectivity index (χ4v) is 8.89. The molecular weight excluding hydrogens is 741 g/mol. The smallest absolute Gasteiger partial charge is 0.164 e. The van der Waals surface area contributed by atoms with Crippen LogP contribution in [0.2, 0.25) is 0 Å². The van der Waals surface area contributed by atoms with Crippen molar-refractivity contribution in [1.82, 2.24) is 19.9 Å². The number of rotatable bonds is 7. The van der Waals surface area contributed by atoms with Crippen LogP contribution in [0.15, 0.2) is 206 Å². The second kappa shape index (κ2) is 14.8. The Kier molecular flexibility index (Phi) is 8.79. The number of nitrogens with zero attached hydrogens (tertiary/aromatic N) is 4. The third kappa shape index (κ3) is 6.59. The summed E-state index contributed by atoms with van der Waals surface area (Å²) < 4.78 is 0. The highest BCUT2D eigenvalue weighted by Crippen LogP contribution is 2.50. The summed E-state index contributed by atoms with van der Waals surface area (Å²) in [5.74, 6) is 1.93. The summed E-state index contributed by atoms with van der Waals surface area (Å²) in [7, 11) is 0. The van der Waals surface area contributed by atoms with Crippen molar-refractivity contribution in [3.8, 4) is 89.9 Å². The Labute approximate surface area is 356 Å². The first-order valence-corrected chi connectivity index (χ1v) is 20.8. The summed E-state index contributed by atoms with van der Waals surface area (Å²) in [6.45, 7) is 4.66. The van der Waals surface area contributed by atoms with Gasteiger partial charge in [-0.3, -0.25) is 0 Å². The van der Waals surface area contributed by atoms with E-state index in [0.29, 0.717) is 17.5 Å². The van der Waals surface area contributed by atoms with Crippen molar-refractivity contribution in [3.05, 3.63) is 217 Å². The Balaban J connectivity index is 1.01. The Morgan fingerprint density at radius 2 is 0.754 bits per heavy atom. The zero-order valence-electron chi connectivity index (χ0n) is 33.9. The van der Waals surface area contributed by atoms with Crippen molar-refractivity contribution in [2.75, 3.05) is 0 Å². The van der Waals surface area contributed by atoms with E-state index in [0.717, 1.165) is 61.1 Å². The highest BCUT2D eigenvalue weighted by Gasteiger charge is 2.35. The van der Waals surface area contributed by atoms with Gasteiger partial charge in [-0.05, 0) is 79.9 Å². The third-order valence-corrected chi connectivity index (χ3v) is 12.1. The molecule has 288 valence electrons. The maximum Gasteiger partial charge on any atom is 0.164 e. The number of hydrogen-bond donors (Lipinski definition) is 0. The van der Waals surface area contributed by atoms with Crippen molar-refractivity contribution >= 4 is 10.9 Å². The van der Waals surface area contributed by atoms with E-state index in [4.69, 9.17) is 19.9 Å². The number of benzene rings is 8. The first kappa shape index (κ1) is 36.3. The van der Waals surface area contributed by atoms with Gasteiger partial charge in [-0.25, -0.2) is 19.9 Å². The summed E-state index contributed by atoms with van der Waals surface area (Å²) >= 11 is 0. The molecule has 1 aliphatic rings. The van der Waals surface area contributed by atoms with Gasteiger partial charge in [0.1, 0.15) is 0 Å². The molecule has 4 nitrogen and oxygen atoms in total. The Hall–Kier alpha value is -7.82. The Morgan fingerprint density at radius 1 is 0.295 bits per heavy atom. The summed E-state index contributed by atoms with van der Waals surface area (Å²) in [6, 6.07) is 72.8. The van der Waals surface area contributed by atoms with Crippen LogP contribution in [0.25, 0.3) is 101 Å². The van der Waals surface area contributed by atoms with Gasteiger partial charge < -0.3 is 0 Å². The standard InChI is InChI=1S/C57H40N4/c1-57(2)50-24-13-12-23-46(50)48-34-49-47(35-52(58-53(49)36-51(48)57)40-29-25-38(26-30-40)37-15-6-3-7-16-37)45-22-14-21-44(33-45)39-27-31-43(32-28-39)56-60-54(41-17-8-4-9-18-41)59-55(61-56)42-19-10-5-11-20-42/h3-36H,1-2H3. The minimum atomic E-state index is -0.130. The van der Waals surface area contributed by atoms with Gasteiger partial charge in [-0.15, -0.1) is 0 Å². The highest BCUT2D eigenvalue weighted by molar-refractivity contribution is 6.02. The fraction of sp³-hybridized carbons (Fsp3) is 0.0526. The molecule has 0 amide bonds. The van der Waals surface area contributed by atoms with Crippen LogP contribution < -0.4 is 0 Å². The van der Waals surface area contributed by atoms with Gasteiger partial charge in [0.05, 0.1) is 11.2 Å². The van der Waals surface area contributed by atoms with Crippen LogP contribution in [-0.4, -0.2) is 19.9 Å². The lowest BCUT2D eigenvalue weighted by Gasteiger charge is -2.22. The van der Waals surface area contributed by atoms with Gasteiger partial charge >= 0.3 is 0 Å². The van der Waals surface area contributed by atoms with Gasteiger partial charge in [0.15, 0.2) is 17.5 Å². The van der Waals surface area contributed by atoms with Crippen LogP contribution in [0.4, 0.5) is 0 Å². The second-order valence-corrected chi connectivity index (χ2v) is 16.3. The topological polar surface area (TPSA) is 51.6 Å². The quantitative estimate of drug-likeness (QED) is 0.162. The van der Waals surface area contributed by atoms with E-state index in [1.165, 1.54) is 33.4 Å². The number of fused-ring (bicyclic) bond motifs is 4. The van der Waals surface area contributed by atoms with Crippen molar-refractivity contribution in [2.24, 2.45) is 0 Å². The molecule has 0 atom stereocenters. The summed E-state index contributed by atoms with van der Waals surface area (Å²) in [4.78, 5) is 20.2. The molecule has 0 bridgehead atoms. The molecule has 0 unspecified atom stereocenters. The average Bonchev–Trinajstić information content (AvgIpc) is 3.56. The van der Waals surface area contributed by atoms with Crippen LogP contribution >= 0.6 is 0 Å². The predicted molar refractivity (Wildman–Crippen MR) is 251 cm³/mol. The second-order valence-electron chi connectivity index (χ2n) is 16.3. The summed E-state index contributed by atoms with van der Waals surface area (Å²) in [6.07, 6.45) is 0. The zero-order valence-corrected chi connectivity index (χ0v) is 33.9. The normalized spacial score (nSPS) is 12.6. The van der Waals surface area contributed by atoms with Gasteiger partial charge in [0.2, 0.25) is 0 Å². The van der Waals surface area contributed by atoms with Crippen molar-refractivity contribution in [3.63, 3.8) is 0 Å². The van der Waals surface area contributed by atoms with Crippen LogP contribution in [0.1, 0.15) is 25.0 Å². The largest absolute Gasteiger partial charge is 0.248 e. The molecule has 0 saturated heterocycles. The zero-order chi connectivity index (χ0) is 40.9. The predicted octanol–water partition coefficient (Wildman–Crippen LogP) is 14.4. The highest BCUT2D eigenvalue weighted by atomic mass is 15.0. The molecule has 11 rings (SSSR count). The molecule has 2 aromatic heterocycles. The Morgan fingerprint density at radius 3 is 1.38 bits per heavy atom. The average molecular weight is 781 g/mol. The first-order valence-electron chi connectivity index (χ1n) is 20.8. The van der Waals surface area contributed by atoms with E-state index in [1.54, 1.807) is 0 Å². The monoisotopic (exact) mass is 780 g/mol. The van der Waals surface area contributed by atoms with E-state index < -0.39 is 0 Å². The minimum absolute atomic E-state index is 0.130. The van der Waals surface area contributed by atoms with E-state index >= 15 is 0 Å². The molecule has 0 fully saturated rings. The summed E-state index contributed by atoms with van der Waals surface area (Å²) in [5, 5.41) is 1.14. The lowest BCUT2D eigenvalue weighted by Crippen LogP contribution is -2.14.